The first-order chi connectivity index (χ1) is 16.4. The van der Waals surface area contributed by atoms with Crippen LogP contribution >= 0.6 is 0 Å². The molecule has 4 N–H and O–H groups in total. The highest BCUT2D eigenvalue weighted by Crippen LogP contribution is 2.21. The Labute approximate surface area is 203 Å². The molecule has 0 aliphatic heterocycles. The number of urea groups is 2. The molecule has 10 nitrogen and oxygen atoms in total. The topological polar surface area (TPSA) is 151 Å². The van der Waals surface area contributed by atoms with Crippen molar-refractivity contribution in [2.75, 3.05) is 10.6 Å². The average Bonchev–Trinajstić information content (AvgIpc) is 2.76. The van der Waals surface area contributed by atoms with E-state index in [1.165, 1.54) is 36.4 Å². The first-order valence-electron chi connectivity index (χ1n) is 10.3. The van der Waals surface area contributed by atoms with E-state index in [-0.39, 0.29) is 21.2 Å². The van der Waals surface area contributed by atoms with Crippen LogP contribution in [-0.2, 0) is 20.0 Å². The van der Waals surface area contributed by atoms with Crippen molar-refractivity contribution in [3.63, 3.8) is 0 Å². The second kappa shape index (κ2) is 10.2. The van der Waals surface area contributed by atoms with Crippen LogP contribution in [0.4, 0.5) is 21.0 Å². The first kappa shape index (κ1) is 25.7. The van der Waals surface area contributed by atoms with Crippen LogP contribution in [0.5, 0.6) is 0 Å². The molecule has 0 spiro atoms. The molecular formula is C23H24N4O6S2. The Kier molecular flexibility index (Phi) is 7.46. The van der Waals surface area contributed by atoms with Crippen LogP contribution < -0.4 is 20.1 Å². The summed E-state index contributed by atoms with van der Waals surface area (Å²) in [4.78, 5) is 24.5. The van der Waals surface area contributed by atoms with Gasteiger partial charge < -0.3 is 10.6 Å². The molecular weight excluding hydrogens is 492 g/mol. The molecule has 4 amide bonds. The lowest BCUT2D eigenvalue weighted by Crippen LogP contribution is -2.35. The molecule has 0 saturated heterocycles. The molecule has 0 aliphatic carbocycles. The Morgan fingerprint density at radius 1 is 0.600 bits per heavy atom. The number of sulfonamides is 2. The minimum Gasteiger partial charge on any atom is -0.307 e. The van der Waals surface area contributed by atoms with Crippen molar-refractivity contribution in [1.29, 1.82) is 0 Å². The third-order valence-electron chi connectivity index (χ3n) is 4.86. The third kappa shape index (κ3) is 6.80. The van der Waals surface area contributed by atoms with Gasteiger partial charge in [-0.05, 0) is 62.7 Å². The predicted molar refractivity (Wildman–Crippen MR) is 132 cm³/mol. The summed E-state index contributed by atoms with van der Waals surface area (Å²) in [6, 6.07) is 14.4. The molecule has 0 bridgehead atoms. The van der Waals surface area contributed by atoms with Crippen molar-refractivity contribution in [1.82, 2.24) is 9.44 Å². The van der Waals surface area contributed by atoms with Gasteiger partial charge in [-0.3, -0.25) is 0 Å². The summed E-state index contributed by atoms with van der Waals surface area (Å²) in [7, 11) is -8.19. The number of rotatable bonds is 6. The lowest BCUT2D eigenvalue weighted by molar-refractivity contribution is 0.255. The van der Waals surface area contributed by atoms with E-state index >= 15 is 0 Å². The SMILES string of the molecule is Cc1ccc(S(=O)(=O)NC(=O)Nc2ccc(C)c(NC(=O)NS(=O)(=O)c3ccc(C)cc3)c2)cc1. The number of hydrogen-bond donors (Lipinski definition) is 4. The number of aryl methyl sites for hydroxylation is 3. The van der Waals surface area contributed by atoms with Gasteiger partial charge in [0.15, 0.2) is 0 Å². The fourth-order valence-electron chi connectivity index (χ4n) is 2.94. The fourth-order valence-corrected chi connectivity index (χ4v) is 4.75. The molecule has 0 atom stereocenters. The molecule has 0 fully saturated rings. The van der Waals surface area contributed by atoms with Gasteiger partial charge in [0.05, 0.1) is 9.79 Å². The Bertz CT molecular complexity index is 1470. The van der Waals surface area contributed by atoms with Gasteiger partial charge in [0.25, 0.3) is 20.0 Å². The highest BCUT2D eigenvalue weighted by molar-refractivity contribution is 7.90. The molecule has 12 heteroatoms. The summed E-state index contributed by atoms with van der Waals surface area (Å²) in [5, 5.41) is 4.80. The van der Waals surface area contributed by atoms with Crippen molar-refractivity contribution in [3.8, 4) is 0 Å². The molecule has 0 aromatic heterocycles. The van der Waals surface area contributed by atoms with E-state index in [9.17, 15) is 26.4 Å². The number of nitrogens with one attached hydrogen (secondary N) is 4. The van der Waals surface area contributed by atoms with Gasteiger partial charge in [0.2, 0.25) is 0 Å². The summed E-state index contributed by atoms with van der Waals surface area (Å²) in [5.74, 6) is 0. The summed E-state index contributed by atoms with van der Waals surface area (Å²) in [6.07, 6.45) is 0. The summed E-state index contributed by atoms with van der Waals surface area (Å²) in [5.41, 5.74) is 2.68. The summed E-state index contributed by atoms with van der Waals surface area (Å²) in [6.45, 7) is 5.27. The van der Waals surface area contributed by atoms with Crippen molar-refractivity contribution in [3.05, 3.63) is 83.4 Å². The van der Waals surface area contributed by atoms with Crippen molar-refractivity contribution < 1.29 is 26.4 Å². The number of benzene rings is 3. The average molecular weight is 517 g/mol. The zero-order valence-electron chi connectivity index (χ0n) is 19.1. The lowest BCUT2D eigenvalue weighted by atomic mass is 10.2. The highest BCUT2D eigenvalue weighted by Gasteiger charge is 2.19. The van der Waals surface area contributed by atoms with E-state index in [1.54, 1.807) is 51.1 Å². The van der Waals surface area contributed by atoms with Crippen molar-refractivity contribution in [2.45, 2.75) is 30.6 Å². The van der Waals surface area contributed by atoms with Crippen LogP contribution in [0, 0.1) is 20.8 Å². The zero-order chi connectivity index (χ0) is 25.8. The van der Waals surface area contributed by atoms with E-state index in [2.05, 4.69) is 10.6 Å². The Hall–Kier alpha value is -3.90. The minimum atomic E-state index is -4.10. The molecule has 184 valence electrons. The highest BCUT2D eigenvalue weighted by atomic mass is 32.2. The van der Waals surface area contributed by atoms with Gasteiger partial charge in [-0.25, -0.2) is 35.9 Å². The fraction of sp³-hybridized carbons (Fsp3) is 0.130. The van der Waals surface area contributed by atoms with Gasteiger partial charge in [-0.15, -0.1) is 0 Å². The van der Waals surface area contributed by atoms with E-state index < -0.39 is 32.1 Å². The normalized spacial score (nSPS) is 11.4. The predicted octanol–water partition coefficient (Wildman–Crippen LogP) is 3.63. The second-order valence-electron chi connectivity index (χ2n) is 7.78. The standard InChI is InChI=1S/C23H24N4O6S2/c1-15-4-10-19(11-5-15)34(30,31)26-22(28)24-18-9-8-17(3)21(14-18)25-23(29)27-35(32,33)20-12-6-16(2)7-13-20/h4-14H,1-3H3,(H2,24,26,28)(H2,25,27,29). The minimum absolute atomic E-state index is 0.0724. The summed E-state index contributed by atoms with van der Waals surface area (Å²) < 4.78 is 53.4. The van der Waals surface area contributed by atoms with Gasteiger partial charge in [0.1, 0.15) is 0 Å². The van der Waals surface area contributed by atoms with E-state index in [0.29, 0.717) is 5.56 Å². The molecule has 3 aromatic carbocycles. The largest absolute Gasteiger partial charge is 0.333 e. The molecule has 0 radical (unpaired) electrons. The molecule has 35 heavy (non-hydrogen) atoms. The number of carbonyl (C=O) groups excluding carboxylic acids is 2. The molecule has 3 rings (SSSR count). The lowest BCUT2D eigenvalue weighted by Gasteiger charge is -2.13. The second-order valence-corrected chi connectivity index (χ2v) is 11.1. The van der Waals surface area contributed by atoms with Gasteiger partial charge in [-0.1, -0.05) is 41.5 Å². The molecule has 0 aliphatic rings. The smallest absolute Gasteiger partial charge is 0.307 e. The Morgan fingerprint density at radius 2 is 1.03 bits per heavy atom. The van der Waals surface area contributed by atoms with Gasteiger partial charge in [-0.2, -0.15) is 0 Å². The van der Waals surface area contributed by atoms with Crippen LogP contribution in [0.15, 0.2) is 76.5 Å². The number of anilines is 2. The molecule has 3 aromatic rings. The van der Waals surface area contributed by atoms with Crippen LogP contribution in [0.3, 0.4) is 0 Å². The molecule has 0 heterocycles. The van der Waals surface area contributed by atoms with E-state index in [0.717, 1.165) is 11.1 Å². The first-order valence-corrected chi connectivity index (χ1v) is 13.2. The Morgan fingerprint density at radius 3 is 1.49 bits per heavy atom. The van der Waals surface area contributed by atoms with Crippen LogP contribution in [0.25, 0.3) is 0 Å². The monoisotopic (exact) mass is 516 g/mol. The maximum absolute atomic E-state index is 12.4. The maximum Gasteiger partial charge on any atom is 0.333 e. The molecule has 0 saturated carbocycles. The number of amides is 4. The quantitative estimate of drug-likeness (QED) is 0.393. The van der Waals surface area contributed by atoms with Crippen molar-refractivity contribution in [2.24, 2.45) is 0 Å². The van der Waals surface area contributed by atoms with Crippen LogP contribution in [0.1, 0.15) is 16.7 Å². The van der Waals surface area contributed by atoms with Crippen molar-refractivity contribution >= 4 is 43.5 Å². The maximum atomic E-state index is 12.4. The number of carbonyl (C=O) groups is 2. The number of hydrogen-bond acceptors (Lipinski definition) is 6. The van der Waals surface area contributed by atoms with Crippen LogP contribution in [0.2, 0.25) is 0 Å². The Balaban J connectivity index is 1.68. The third-order valence-corrected chi connectivity index (χ3v) is 7.55. The molecule has 0 unspecified atom stereocenters. The van der Waals surface area contributed by atoms with Crippen LogP contribution in [-0.4, -0.2) is 28.9 Å². The van der Waals surface area contributed by atoms with Gasteiger partial charge >= 0.3 is 12.1 Å². The zero-order valence-corrected chi connectivity index (χ0v) is 20.7. The summed E-state index contributed by atoms with van der Waals surface area (Å²) >= 11 is 0. The van der Waals surface area contributed by atoms with E-state index in [1.807, 2.05) is 9.44 Å². The van der Waals surface area contributed by atoms with E-state index in [4.69, 9.17) is 0 Å². The van der Waals surface area contributed by atoms with Gasteiger partial charge in [0, 0.05) is 11.4 Å².